The molecule has 2 aromatic rings. The van der Waals surface area contributed by atoms with Crippen molar-refractivity contribution in [2.24, 2.45) is 0 Å². The fraction of sp³-hybridized carbons (Fsp3) is 0.385. The number of ketones is 1. The number of nitrogens with zero attached hydrogens (tertiary/aromatic N) is 2. The van der Waals surface area contributed by atoms with Crippen molar-refractivity contribution in [1.29, 1.82) is 0 Å². The van der Waals surface area contributed by atoms with E-state index in [4.69, 9.17) is 16.1 Å². The summed E-state index contributed by atoms with van der Waals surface area (Å²) in [5.41, 5.74) is 3.43. The third-order valence-electron chi connectivity index (χ3n) is 3.01. The number of alkyl halides is 1. The van der Waals surface area contributed by atoms with E-state index in [9.17, 15) is 4.79 Å². The van der Waals surface area contributed by atoms with Gasteiger partial charge in [0.05, 0.1) is 11.9 Å². The Morgan fingerprint density at radius 2 is 2.28 bits per heavy atom. The average molecular weight is 267 g/mol. The van der Waals surface area contributed by atoms with E-state index in [1.165, 1.54) is 6.26 Å². The maximum absolute atomic E-state index is 12.0. The van der Waals surface area contributed by atoms with Gasteiger partial charge in [-0.3, -0.25) is 4.79 Å². The molecule has 2 heterocycles. The molecule has 0 fully saturated rings. The Morgan fingerprint density at radius 1 is 1.56 bits per heavy atom. The van der Waals surface area contributed by atoms with Gasteiger partial charge in [0.1, 0.15) is 12.0 Å². The van der Waals surface area contributed by atoms with Crippen molar-refractivity contribution in [1.82, 2.24) is 9.72 Å². The maximum atomic E-state index is 12.0. The van der Waals surface area contributed by atoms with Crippen LogP contribution in [0.3, 0.4) is 0 Å². The highest BCUT2D eigenvalue weighted by molar-refractivity contribution is 6.33. The lowest BCUT2D eigenvalue weighted by Crippen LogP contribution is -2.12. The van der Waals surface area contributed by atoms with E-state index < -0.39 is 5.38 Å². The van der Waals surface area contributed by atoms with Crippen LogP contribution in [-0.2, 0) is 6.54 Å². The first-order chi connectivity index (χ1) is 8.50. The van der Waals surface area contributed by atoms with Gasteiger partial charge in [-0.25, -0.2) is 0 Å². The van der Waals surface area contributed by atoms with Gasteiger partial charge < -0.3 is 9.09 Å². The lowest BCUT2D eigenvalue weighted by atomic mass is 10.1. The van der Waals surface area contributed by atoms with Crippen molar-refractivity contribution >= 4 is 17.4 Å². The van der Waals surface area contributed by atoms with Gasteiger partial charge in [-0.05, 0) is 26.8 Å². The fourth-order valence-electron chi connectivity index (χ4n) is 1.99. The van der Waals surface area contributed by atoms with Crippen LogP contribution in [0.15, 0.2) is 22.9 Å². The normalized spacial score (nSPS) is 12.7. The van der Waals surface area contributed by atoms with Crippen LogP contribution in [0, 0.1) is 13.8 Å². The van der Waals surface area contributed by atoms with Crippen molar-refractivity contribution < 1.29 is 9.32 Å². The number of aryl methyl sites for hydroxylation is 1. The molecule has 18 heavy (non-hydrogen) atoms. The van der Waals surface area contributed by atoms with Crippen LogP contribution in [0.5, 0.6) is 0 Å². The van der Waals surface area contributed by atoms with Gasteiger partial charge in [0.15, 0.2) is 5.78 Å². The molecular weight excluding hydrogens is 252 g/mol. The van der Waals surface area contributed by atoms with Crippen molar-refractivity contribution in [3.8, 4) is 0 Å². The van der Waals surface area contributed by atoms with E-state index in [0.29, 0.717) is 12.1 Å². The topological polar surface area (TPSA) is 48.0 Å². The molecule has 0 saturated carbocycles. The van der Waals surface area contributed by atoms with Crippen LogP contribution in [0.2, 0.25) is 0 Å². The minimum Gasteiger partial charge on any atom is -0.364 e. The first-order valence-electron chi connectivity index (χ1n) is 5.75. The molecule has 0 amide bonds. The molecule has 0 aliphatic heterocycles. The highest BCUT2D eigenvalue weighted by Crippen LogP contribution is 2.19. The monoisotopic (exact) mass is 266 g/mol. The van der Waals surface area contributed by atoms with Gasteiger partial charge in [0, 0.05) is 23.0 Å². The molecule has 0 bridgehead atoms. The van der Waals surface area contributed by atoms with Gasteiger partial charge in [-0.2, -0.15) is 0 Å². The molecule has 1 atom stereocenters. The number of Topliss-reactive ketones (excluding diaryl/α,β-unsaturated/α-hetero) is 1. The molecule has 0 aliphatic carbocycles. The van der Waals surface area contributed by atoms with Gasteiger partial charge in [-0.15, -0.1) is 11.6 Å². The summed E-state index contributed by atoms with van der Waals surface area (Å²) >= 11 is 5.85. The molecule has 1 unspecified atom stereocenters. The lowest BCUT2D eigenvalue weighted by molar-refractivity contribution is 0.0991. The predicted molar refractivity (Wildman–Crippen MR) is 69.2 cm³/mol. The van der Waals surface area contributed by atoms with Crippen LogP contribution < -0.4 is 0 Å². The van der Waals surface area contributed by atoms with Gasteiger partial charge in [-0.1, -0.05) is 5.16 Å². The lowest BCUT2D eigenvalue weighted by Gasteiger charge is -2.07. The number of carbonyl (C=O) groups excluding carboxylic acids is 1. The molecule has 0 spiro atoms. The molecule has 0 N–H and O–H groups in total. The van der Waals surface area contributed by atoms with Crippen molar-refractivity contribution in [3.63, 3.8) is 0 Å². The second kappa shape index (κ2) is 4.98. The number of carbonyl (C=O) groups is 1. The summed E-state index contributed by atoms with van der Waals surface area (Å²) in [5, 5.41) is 3.37. The Morgan fingerprint density at radius 3 is 2.83 bits per heavy atom. The number of rotatable bonds is 4. The second-order valence-corrected chi connectivity index (χ2v) is 5.00. The molecule has 0 aromatic carbocycles. The minimum absolute atomic E-state index is 0.0452. The quantitative estimate of drug-likeness (QED) is 0.631. The van der Waals surface area contributed by atoms with Gasteiger partial charge in [0.25, 0.3) is 0 Å². The van der Waals surface area contributed by atoms with E-state index in [2.05, 4.69) is 5.16 Å². The summed E-state index contributed by atoms with van der Waals surface area (Å²) in [6.07, 6.45) is 1.54. The Bertz CT molecular complexity index is 556. The zero-order chi connectivity index (χ0) is 13.3. The van der Waals surface area contributed by atoms with E-state index in [1.807, 2.05) is 30.5 Å². The number of hydrogen-bond donors (Lipinski definition) is 0. The van der Waals surface area contributed by atoms with E-state index >= 15 is 0 Å². The summed E-state index contributed by atoms with van der Waals surface area (Å²) in [5.74, 6) is -0.0452. The van der Waals surface area contributed by atoms with E-state index in [0.717, 1.165) is 17.1 Å². The minimum atomic E-state index is -0.508. The summed E-state index contributed by atoms with van der Waals surface area (Å²) in [4.78, 5) is 12.0. The Balaban J connectivity index is 2.35. The Labute approximate surface area is 111 Å². The number of halogens is 1. The van der Waals surface area contributed by atoms with Crippen LogP contribution in [0.4, 0.5) is 0 Å². The third kappa shape index (κ3) is 2.34. The first-order valence-corrected chi connectivity index (χ1v) is 6.18. The first kappa shape index (κ1) is 12.9. The van der Waals surface area contributed by atoms with Crippen molar-refractivity contribution in [2.45, 2.75) is 32.7 Å². The highest BCUT2D eigenvalue weighted by Gasteiger charge is 2.19. The smallest absolute Gasteiger partial charge is 0.182 e. The molecular formula is C13H15ClN2O2. The Hall–Kier alpha value is -1.55. The summed E-state index contributed by atoms with van der Waals surface area (Å²) in [6, 6.07) is 3.68. The van der Waals surface area contributed by atoms with Crippen molar-refractivity contribution in [2.75, 3.05) is 0 Å². The number of aromatic nitrogens is 2. The number of hydrogen-bond acceptors (Lipinski definition) is 3. The van der Waals surface area contributed by atoms with E-state index in [-0.39, 0.29) is 5.78 Å². The Kier molecular flexibility index (Phi) is 3.57. The van der Waals surface area contributed by atoms with Crippen LogP contribution >= 0.6 is 11.6 Å². The highest BCUT2D eigenvalue weighted by atomic mass is 35.5. The van der Waals surface area contributed by atoms with Gasteiger partial charge in [0.2, 0.25) is 0 Å². The third-order valence-corrected chi connectivity index (χ3v) is 3.21. The SMILES string of the molecule is Cc1cc(C(=O)C(C)Cl)c(C)n1Cc1ccon1. The standard InChI is InChI=1S/C13H15ClN2O2/c1-8-6-12(13(17)9(2)14)10(3)16(8)7-11-4-5-18-15-11/h4-6,9H,7H2,1-3H3. The summed E-state index contributed by atoms with van der Waals surface area (Å²) in [6.45, 7) is 6.16. The van der Waals surface area contributed by atoms with Crippen LogP contribution in [0.25, 0.3) is 0 Å². The second-order valence-electron chi connectivity index (χ2n) is 4.34. The van der Waals surface area contributed by atoms with E-state index in [1.54, 1.807) is 6.92 Å². The average Bonchev–Trinajstić information content (AvgIpc) is 2.91. The fourth-order valence-corrected chi connectivity index (χ4v) is 2.11. The molecule has 0 aliphatic rings. The summed E-state index contributed by atoms with van der Waals surface area (Å²) < 4.78 is 6.84. The van der Waals surface area contributed by atoms with Crippen LogP contribution in [-0.4, -0.2) is 20.9 Å². The van der Waals surface area contributed by atoms with Gasteiger partial charge >= 0.3 is 0 Å². The summed E-state index contributed by atoms with van der Waals surface area (Å²) in [7, 11) is 0. The van der Waals surface area contributed by atoms with Crippen LogP contribution in [0.1, 0.15) is 34.4 Å². The zero-order valence-corrected chi connectivity index (χ0v) is 11.4. The predicted octanol–water partition coefficient (Wildman–Crippen LogP) is 2.95. The molecule has 0 radical (unpaired) electrons. The molecule has 0 saturated heterocycles. The molecule has 5 heteroatoms. The molecule has 2 rings (SSSR count). The van der Waals surface area contributed by atoms with Crippen molar-refractivity contribution in [3.05, 3.63) is 41.0 Å². The molecule has 2 aromatic heterocycles. The maximum Gasteiger partial charge on any atom is 0.182 e. The largest absolute Gasteiger partial charge is 0.364 e. The molecule has 4 nitrogen and oxygen atoms in total. The molecule has 96 valence electrons. The zero-order valence-electron chi connectivity index (χ0n) is 10.6.